The molecule has 1 saturated heterocycles. The van der Waals surface area contributed by atoms with E-state index in [9.17, 15) is 9.59 Å². The van der Waals surface area contributed by atoms with Crippen molar-refractivity contribution in [2.45, 2.75) is 89.3 Å². The first-order valence-corrected chi connectivity index (χ1v) is 10.8. The number of piperazine rings is 1. The van der Waals surface area contributed by atoms with Gasteiger partial charge in [-0.15, -0.1) is 0 Å². The lowest BCUT2D eigenvalue weighted by Crippen LogP contribution is -2.61. The van der Waals surface area contributed by atoms with Gasteiger partial charge < -0.3 is 9.80 Å². The molecule has 0 spiro atoms. The van der Waals surface area contributed by atoms with Gasteiger partial charge in [0.2, 0.25) is 5.91 Å². The Morgan fingerprint density at radius 3 is 2.04 bits per heavy atom. The fourth-order valence-electron chi connectivity index (χ4n) is 5.38. The first-order chi connectivity index (χ1) is 13.2. The summed E-state index contributed by atoms with van der Waals surface area (Å²) in [6, 6.07) is 8.15. The van der Waals surface area contributed by atoms with Crippen molar-refractivity contribution in [2.75, 3.05) is 6.54 Å². The molecular weight excluding hydrogens is 336 g/mol. The Kier molecular flexibility index (Phi) is 5.51. The largest absolute Gasteiger partial charge is 0.328 e. The molecule has 0 bridgehead atoms. The Labute approximate surface area is 162 Å². The smallest absolute Gasteiger partial charge is 0.250 e. The highest BCUT2D eigenvalue weighted by Gasteiger charge is 2.45. The number of nitrogens with zero attached hydrogens (tertiary/aromatic N) is 2. The van der Waals surface area contributed by atoms with Gasteiger partial charge in [0.25, 0.3) is 5.91 Å². The van der Waals surface area contributed by atoms with E-state index in [1.54, 1.807) is 0 Å². The number of rotatable bonds is 3. The summed E-state index contributed by atoms with van der Waals surface area (Å²) >= 11 is 0. The van der Waals surface area contributed by atoms with Gasteiger partial charge in [-0.25, -0.2) is 0 Å². The normalized spacial score (nSPS) is 25.9. The molecule has 0 N–H and O–H groups in total. The van der Waals surface area contributed by atoms with E-state index in [-0.39, 0.29) is 30.4 Å². The molecule has 0 aromatic heterocycles. The van der Waals surface area contributed by atoms with Gasteiger partial charge in [-0.3, -0.25) is 9.59 Å². The number of hydrogen-bond acceptors (Lipinski definition) is 2. The predicted octanol–water partition coefficient (Wildman–Crippen LogP) is 4.37. The zero-order valence-corrected chi connectivity index (χ0v) is 16.5. The maximum atomic E-state index is 13.7. The topological polar surface area (TPSA) is 40.6 Å². The summed E-state index contributed by atoms with van der Waals surface area (Å²) in [5.41, 5.74) is 2.12. The van der Waals surface area contributed by atoms with Crippen LogP contribution in [0.15, 0.2) is 24.3 Å². The van der Waals surface area contributed by atoms with E-state index < -0.39 is 6.04 Å². The summed E-state index contributed by atoms with van der Waals surface area (Å²) in [5.74, 6) is 0.307. The molecule has 1 aromatic rings. The zero-order chi connectivity index (χ0) is 18.8. The molecule has 3 aliphatic rings. The molecule has 2 amide bonds. The van der Waals surface area contributed by atoms with Gasteiger partial charge in [0.1, 0.15) is 12.6 Å². The Bertz CT molecular complexity index is 689. The van der Waals surface area contributed by atoms with Gasteiger partial charge in [-0.2, -0.15) is 0 Å². The summed E-state index contributed by atoms with van der Waals surface area (Å²) in [7, 11) is 0. The Morgan fingerprint density at radius 1 is 0.815 bits per heavy atom. The van der Waals surface area contributed by atoms with Crippen molar-refractivity contribution < 1.29 is 9.59 Å². The minimum Gasteiger partial charge on any atom is -0.328 e. The first-order valence-electron chi connectivity index (χ1n) is 10.8. The van der Waals surface area contributed by atoms with Crippen molar-refractivity contribution in [3.63, 3.8) is 0 Å². The third kappa shape index (κ3) is 3.63. The number of aryl methyl sites for hydroxylation is 1. The lowest BCUT2D eigenvalue weighted by molar-refractivity contribution is -0.162. The second-order valence-electron chi connectivity index (χ2n) is 8.61. The molecule has 0 unspecified atom stereocenters. The maximum Gasteiger partial charge on any atom is 0.250 e. The maximum absolute atomic E-state index is 13.7. The van der Waals surface area contributed by atoms with Crippen LogP contribution in [0.5, 0.6) is 0 Å². The molecule has 0 radical (unpaired) electrons. The van der Waals surface area contributed by atoms with Crippen LogP contribution in [0.4, 0.5) is 0 Å². The van der Waals surface area contributed by atoms with Gasteiger partial charge in [0.05, 0.1) is 0 Å². The van der Waals surface area contributed by atoms with Gasteiger partial charge in [-0.05, 0) is 43.7 Å². The summed E-state index contributed by atoms with van der Waals surface area (Å²) in [5, 5.41) is 0. The lowest BCUT2D eigenvalue weighted by atomic mass is 9.87. The van der Waals surface area contributed by atoms with E-state index in [1.807, 2.05) is 28.0 Å². The molecule has 3 fully saturated rings. The zero-order valence-electron chi connectivity index (χ0n) is 16.5. The summed E-state index contributed by atoms with van der Waals surface area (Å²) < 4.78 is 0. The van der Waals surface area contributed by atoms with E-state index in [0.717, 1.165) is 49.7 Å². The van der Waals surface area contributed by atoms with Crippen LogP contribution in [0.1, 0.15) is 81.4 Å². The Balaban J connectivity index is 1.69. The Hall–Kier alpha value is -1.84. The molecule has 4 heteroatoms. The minimum atomic E-state index is -0.433. The van der Waals surface area contributed by atoms with Gasteiger partial charge >= 0.3 is 0 Å². The third-order valence-corrected chi connectivity index (χ3v) is 6.86. The van der Waals surface area contributed by atoms with Crippen LogP contribution >= 0.6 is 0 Å². The van der Waals surface area contributed by atoms with E-state index in [4.69, 9.17) is 0 Å². The highest BCUT2D eigenvalue weighted by Crippen LogP contribution is 2.37. The molecule has 1 atom stereocenters. The molecule has 1 aromatic carbocycles. The molecule has 4 rings (SSSR count). The Morgan fingerprint density at radius 2 is 1.41 bits per heavy atom. The van der Waals surface area contributed by atoms with E-state index in [2.05, 4.69) is 13.0 Å². The van der Waals surface area contributed by atoms with Crippen LogP contribution in [0, 0.1) is 6.92 Å². The highest BCUT2D eigenvalue weighted by atomic mass is 16.2. The SMILES string of the molecule is Cc1ccccc1[C@H]1C(=O)N(C2CCCCC2)CC(=O)N1C1CCCCC1. The van der Waals surface area contributed by atoms with E-state index in [0.29, 0.717) is 0 Å². The molecule has 27 heavy (non-hydrogen) atoms. The van der Waals surface area contributed by atoms with Crippen LogP contribution in [0.25, 0.3) is 0 Å². The monoisotopic (exact) mass is 368 g/mol. The molecule has 2 aliphatic carbocycles. The summed E-state index contributed by atoms with van der Waals surface area (Å²) in [4.78, 5) is 30.9. The van der Waals surface area contributed by atoms with Crippen molar-refractivity contribution in [1.29, 1.82) is 0 Å². The van der Waals surface area contributed by atoms with Gasteiger partial charge in [-0.1, -0.05) is 62.8 Å². The van der Waals surface area contributed by atoms with Crippen LogP contribution in [0.2, 0.25) is 0 Å². The molecule has 1 aliphatic heterocycles. The van der Waals surface area contributed by atoms with Crippen LogP contribution in [0.3, 0.4) is 0 Å². The standard InChI is InChI=1S/C23H32N2O2/c1-17-10-8-9-15-20(17)22-23(27)24(18-11-4-2-5-12-18)16-21(26)25(22)19-13-6-3-7-14-19/h8-10,15,18-19,22H,2-7,11-14,16H2,1H3/t22-/m0/s1. The lowest BCUT2D eigenvalue weighted by Gasteiger charge is -2.48. The van der Waals surface area contributed by atoms with Crippen molar-refractivity contribution in [3.8, 4) is 0 Å². The quantitative estimate of drug-likeness (QED) is 0.795. The van der Waals surface area contributed by atoms with Crippen molar-refractivity contribution >= 4 is 11.8 Å². The van der Waals surface area contributed by atoms with Crippen LogP contribution < -0.4 is 0 Å². The number of amides is 2. The highest BCUT2D eigenvalue weighted by molar-refractivity contribution is 5.96. The molecule has 146 valence electrons. The molecule has 2 saturated carbocycles. The fourth-order valence-corrected chi connectivity index (χ4v) is 5.38. The van der Waals surface area contributed by atoms with Crippen LogP contribution in [-0.4, -0.2) is 40.2 Å². The fraction of sp³-hybridized carbons (Fsp3) is 0.652. The van der Waals surface area contributed by atoms with E-state index in [1.165, 1.54) is 25.7 Å². The van der Waals surface area contributed by atoms with Crippen molar-refractivity contribution in [2.24, 2.45) is 0 Å². The number of benzene rings is 1. The van der Waals surface area contributed by atoms with Crippen LogP contribution in [-0.2, 0) is 9.59 Å². The summed E-state index contributed by atoms with van der Waals surface area (Å²) in [6.07, 6.45) is 11.3. The van der Waals surface area contributed by atoms with Crippen molar-refractivity contribution in [1.82, 2.24) is 9.80 Å². The van der Waals surface area contributed by atoms with Gasteiger partial charge in [0.15, 0.2) is 0 Å². The average Bonchev–Trinajstić information content (AvgIpc) is 2.71. The number of hydrogen-bond donors (Lipinski definition) is 0. The minimum absolute atomic E-state index is 0.153. The first kappa shape index (κ1) is 18.5. The average molecular weight is 369 g/mol. The summed E-state index contributed by atoms with van der Waals surface area (Å²) in [6.45, 7) is 2.34. The number of carbonyl (C=O) groups is 2. The van der Waals surface area contributed by atoms with Crippen molar-refractivity contribution in [3.05, 3.63) is 35.4 Å². The second kappa shape index (κ2) is 8.04. The third-order valence-electron chi connectivity index (χ3n) is 6.86. The molecule has 4 nitrogen and oxygen atoms in total. The second-order valence-corrected chi connectivity index (χ2v) is 8.61. The van der Waals surface area contributed by atoms with Gasteiger partial charge in [0, 0.05) is 12.1 Å². The molecular formula is C23H32N2O2. The molecule has 1 heterocycles. The predicted molar refractivity (Wildman–Crippen MR) is 106 cm³/mol. The van der Waals surface area contributed by atoms with E-state index >= 15 is 0 Å². The number of carbonyl (C=O) groups excluding carboxylic acids is 2.